The van der Waals surface area contributed by atoms with E-state index in [0.29, 0.717) is 17.7 Å². The van der Waals surface area contributed by atoms with Gasteiger partial charge in [-0.3, -0.25) is 4.79 Å². The molecule has 1 saturated heterocycles. The van der Waals surface area contributed by atoms with Gasteiger partial charge < -0.3 is 10.2 Å². The number of carbonyl (C=O) groups excluding carboxylic acids is 1. The van der Waals surface area contributed by atoms with E-state index >= 15 is 0 Å². The fourth-order valence-corrected chi connectivity index (χ4v) is 2.84. The number of halogens is 4. The predicted molar refractivity (Wildman–Crippen MR) is 92.4 cm³/mol. The van der Waals surface area contributed by atoms with Crippen LogP contribution in [0.2, 0.25) is 0 Å². The zero-order valence-corrected chi connectivity index (χ0v) is 14.4. The number of hydrogen-bond donors (Lipinski definition) is 1. The number of piperazine rings is 1. The van der Waals surface area contributed by atoms with Gasteiger partial charge in [-0.2, -0.15) is 0 Å². The molecular formula is C18H18ClF3N2O. The highest BCUT2D eigenvalue weighted by atomic mass is 35.5. The lowest BCUT2D eigenvalue weighted by atomic mass is 10.0. The molecule has 0 unspecified atom stereocenters. The van der Waals surface area contributed by atoms with E-state index in [1.54, 1.807) is 29.2 Å². The second kappa shape index (κ2) is 7.89. The average Bonchev–Trinajstić information content (AvgIpc) is 2.59. The molecule has 25 heavy (non-hydrogen) atoms. The van der Waals surface area contributed by atoms with E-state index in [4.69, 9.17) is 0 Å². The first-order valence-electron chi connectivity index (χ1n) is 7.74. The van der Waals surface area contributed by atoms with Gasteiger partial charge in [0.25, 0.3) is 5.91 Å². The second-order valence-electron chi connectivity index (χ2n) is 5.88. The van der Waals surface area contributed by atoms with E-state index < -0.39 is 17.5 Å². The summed E-state index contributed by atoms with van der Waals surface area (Å²) in [5, 5.41) is 3.22. The van der Waals surface area contributed by atoms with Crippen LogP contribution in [-0.4, -0.2) is 36.5 Å². The van der Waals surface area contributed by atoms with Gasteiger partial charge in [-0.15, -0.1) is 12.4 Å². The van der Waals surface area contributed by atoms with Crippen molar-refractivity contribution < 1.29 is 18.0 Å². The quantitative estimate of drug-likeness (QED) is 0.819. The van der Waals surface area contributed by atoms with Crippen LogP contribution in [0.5, 0.6) is 0 Å². The molecule has 7 heteroatoms. The molecule has 0 aliphatic carbocycles. The van der Waals surface area contributed by atoms with E-state index in [9.17, 15) is 18.0 Å². The molecule has 1 fully saturated rings. The standard InChI is InChI=1S/C18H17F3N2O.ClH/c1-11-10-22-6-7-23(11)18(24)13-4-2-12(3-5-13)14-8-15(19)17(21)16(20)9-14;/h2-5,8-9,11,22H,6-7,10H2,1H3;1H/t11-;/m0./s1. The highest BCUT2D eigenvalue weighted by Gasteiger charge is 2.24. The number of nitrogens with one attached hydrogen (secondary N) is 1. The molecule has 2 aromatic rings. The minimum absolute atomic E-state index is 0. The van der Waals surface area contributed by atoms with Crippen LogP contribution >= 0.6 is 12.4 Å². The first kappa shape index (κ1) is 19.3. The molecular weight excluding hydrogens is 353 g/mol. The zero-order chi connectivity index (χ0) is 17.3. The van der Waals surface area contributed by atoms with Crippen molar-refractivity contribution in [1.29, 1.82) is 0 Å². The number of nitrogens with zero attached hydrogens (tertiary/aromatic N) is 1. The van der Waals surface area contributed by atoms with Crippen LogP contribution in [0.4, 0.5) is 13.2 Å². The van der Waals surface area contributed by atoms with Crippen molar-refractivity contribution in [3.05, 3.63) is 59.4 Å². The highest BCUT2D eigenvalue weighted by Crippen LogP contribution is 2.24. The fourth-order valence-electron chi connectivity index (χ4n) is 2.84. The van der Waals surface area contributed by atoms with Crippen LogP contribution in [0.25, 0.3) is 11.1 Å². The third kappa shape index (κ3) is 3.96. The average molecular weight is 371 g/mol. The monoisotopic (exact) mass is 370 g/mol. The molecule has 1 amide bonds. The third-order valence-corrected chi connectivity index (χ3v) is 4.21. The Morgan fingerprint density at radius 1 is 1.08 bits per heavy atom. The minimum Gasteiger partial charge on any atom is -0.333 e. The summed E-state index contributed by atoms with van der Waals surface area (Å²) in [4.78, 5) is 14.3. The van der Waals surface area contributed by atoms with E-state index in [-0.39, 0.29) is 29.9 Å². The number of rotatable bonds is 2. The molecule has 0 radical (unpaired) electrons. The molecule has 0 saturated carbocycles. The molecule has 1 aliphatic heterocycles. The molecule has 2 aromatic carbocycles. The first-order chi connectivity index (χ1) is 11.5. The lowest BCUT2D eigenvalue weighted by Crippen LogP contribution is -2.52. The van der Waals surface area contributed by atoms with Crippen molar-refractivity contribution >= 4 is 18.3 Å². The SMILES string of the molecule is C[C@H]1CNCCN1C(=O)c1ccc(-c2cc(F)c(F)c(F)c2)cc1.Cl. The minimum atomic E-state index is -1.49. The van der Waals surface area contributed by atoms with Gasteiger partial charge in [0, 0.05) is 31.2 Å². The molecule has 1 heterocycles. The Morgan fingerprint density at radius 3 is 2.24 bits per heavy atom. The van der Waals surface area contributed by atoms with Gasteiger partial charge in [-0.1, -0.05) is 12.1 Å². The normalized spacial score (nSPS) is 17.1. The maximum Gasteiger partial charge on any atom is 0.254 e. The Bertz CT molecular complexity index is 744. The second-order valence-corrected chi connectivity index (χ2v) is 5.88. The lowest BCUT2D eigenvalue weighted by Gasteiger charge is -2.34. The highest BCUT2D eigenvalue weighted by molar-refractivity contribution is 5.95. The maximum atomic E-state index is 13.3. The number of amides is 1. The van der Waals surface area contributed by atoms with Gasteiger partial charge in [-0.25, -0.2) is 13.2 Å². The molecule has 1 aliphatic rings. The van der Waals surface area contributed by atoms with E-state index in [0.717, 1.165) is 25.2 Å². The van der Waals surface area contributed by atoms with Crippen LogP contribution in [0.1, 0.15) is 17.3 Å². The third-order valence-electron chi connectivity index (χ3n) is 4.21. The molecule has 0 spiro atoms. The molecule has 3 nitrogen and oxygen atoms in total. The Balaban J connectivity index is 0.00000225. The molecule has 0 bridgehead atoms. The maximum absolute atomic E-state index is 13.3. The zero-order valence-electron chi connectivity index (χ0n) is 13.6. The van der Waals surface area contributed by atoms with Gasteiger partial charge in [0.1, 0.15) is 0 Å². The summed E-state index contributed by atoms with van der Waals surface area (Å²) in [7, 11) is 0. The van der Waals surface area contributed by atoms with E-state index in [1.165, 1.54) is 0 Å². The first-order valence-corrected chi connectivity index (χ1v) is 7.74. The molecule has 134 valence electrons. The van der Waals surface area contributed by atoms with Crippen molar-refractivity contribution in [2.45, 2.75) is 13.0 Å². The van der Waals surface area contributed by atoms with Gasteiger partial charge in [0.05, 0.1) is 0 Å². The summed E-state index contributed by atoms with van der Waals surface area (Å²) in [6.07, 6.45) is 0. The number of carbonyl (C=O) groups is 1. The van der Waals surface area contributed by atoms with Crippen molar-refractivity contribution in [2.75, 3.05) is 19.6 Å². The lowest BCUT2D eigenvalue weighted by molar-refractivity contribution is 0.0656. The van der Waals surface area contributed by atoms with Crippen molar-refractivity contribution in [3.8, 4) is 11.1 Å². The van der Waals surface area contributed by atoms with E-state index in [2.05, 4.69) is 5.32 Å². The smallest absolute Gasteiger partial charge is 0.254 e. The topological polar surface area (TPSA) is 32.3 Å². The van der Waals surface area contributed by atoms with Gasteiger partial charge in [0.2, 0.25) is 0 Å². The summed E-state index contributed by atoms with van der Waals surface area (Å²) in [5.41, 5.74) is 1.24. The van der Waals surface area contributed by atoms with Crippen LogP contribution in [0, 0.1) is 17.5 Å². The van der Waals surface area contributed by atoms with Crippen LogP contribution < -0.4 is 5.32 Å². The number of hydrogen-bond acceptors (Lipinski definition) is 2. The van der Waals surface area contributed by atoms with Crippen molar-refractivity contribution in [2.24, 2.45) is 0 Å². The summed E-state index contributed by atoms with van der Waals surface area (Å²) in [6, 6.07) is 8.42. The van der Waals surface area contributed by atoms with Gasteiger partial charge in [-0.05, 0) is 42.3 Å². The predicted octanol–water partition coefficient (Wildman–Crippen LogP) is 3.63. The van der Waals surface area contributed by atoms with Gasteiger partial charge in [0.15, 0.2) is 17.5 Å². The Kier molecular flexibility index (Phi) is 6.08. The summed E-state index contributed by atoms with van der Waals surface area (Å²) >= 11 is 0. The fraction of sp³-hybridized carbons (Fsp3) is 0.278. The van der Waals surface area contributed by atoms with Crippen LogP contribution in [-0.2, 0) is 0 Å². The van der Waals surface area contributed by atoms with Crippen LogP contribution in [0.3, 0.4) is 0 Å². The Labute approximate surface area is 150 Å². The van der Waals surface area contributed by atoms with Crippen molar-refractivity contribution in [1.82, 2.24) is 10.2 Å². The summed E-state index contributed by atoms with van der Waals surface area (Å²) in [5.74, 6) is -4.04. The van der Waals surface area contributed by atoms with Crippen LogP contribution in [0.15, 0.2) is 36.4 Å². The Hall–Kier alpha value is -2.05. The molecule has 1 atom stereocenters. The molecule has 3 rings (SSSR count). The largest absolute Gasteiger partial charge is 0.333 e. The number of benzene rings is 2. The van der Waals surface area contributed by atoms with Gasteiger partial charge >= 0.3 is 0 Å². The van der Waals surface area contributed by atoms with E-state index in [1.807, 2.05) is 6.92 Å². The molecule has 1 N–H and O–H groups in total. The summed E-state index contributed by atoms with van der Waals surface area (Å²) in [6.45, 7) is 4.11. The van der Waals surface area contributed by atoms with Crippen molar-refractivity contribution in [3.63, 3.8) is 0 Å². The Morgan fingerprint density at radius 2 is 1.68 bits per heavy atom. The molecule has 0 aromatic heterocycles. The summed E-state index contributed by atoms with van der Waals surface area (Å²) < 4.78 is 39.7.